The fraction of sp³-hybridized carbons (Fsp3) is 0.556. The molecule has 0 unspecified atom stereocenters. The molecule has 0 aliphatic rings. The number of carbonyl (C=O) groups is 2. The average Bonchev–Trinajstić information content (AvgIpc) is 2.44. The third kappa shape index (κ3) is 16.3. The number of hydrogen-bond acceptors (Lipinski definition) is 2. The number of hydrogen-bond donors (Lipinski definition) is 1. The lowest BCUT2D eigenvalue weighted by molar-refractivity contribution is -0.131. The summed E-state index contributed by atoms with van der Waals surface area (Å²) in [5, 5.41) is 8.41. The van der Waals surface area contributed by atoms with Crippen LogP contribution < -0.4 is 0 Å². The van der Waals surface area contributed by atoms with Crippen molar-refractivity contribution in [3.8, 4) is 0 Å². The predicted octanol–water partition coefficient (Wildman–Crippen LogP) is 4.84. The van der Waals surface area contributed by atoms with Crippen LogP contribution in [-0.2, 0) is 9.59 Å². The van der Waals surface area contributed by atoms with Crippen molar-refractivity contribution in [2.75, 3.05) is 0 Å². The van der Waals surface area contributed by atoms with E-state index in [4.69, 9.17) is 5.11 Å². The zero-order valence-electron chi connectivity index (χ0n) is 13.1. The molecule has 0 fully saturated rings. The summed E-state index contributed by atoms with van der Waals surface area (Å²) in [7, 11) is 0. The standard InChI is InChI=1S/C18H28O3/c1-2-3-11-14-17(19)15-12-9-7-5-4-6-8-10-13-16-18(20)21/h7,9,12-13,15-16H,2-6,8,10-11,14H2,1H3,(H,20,21). The van der Waals surface area contributed by atoms with Gasteiger partial charge in [0.25, 0.3) is 0 Å². The van der Waals surface area contributed by atoms with Gasteiger partial charge >= 0.3 is 5.97 Å². The molecule has 0 aromatic rings. The Morgan fingerprint density at radius 3 is 2.24 bits per heavy atom. The Morgan fingerprint density at radius 2 is 1.57 bits per heavy atom. The minimum atomic E-state index is -0.881. The number of carboxylic acids is 1. The van der Waals surface area contributed by atoms with Crippen LogP contribution in [0.15, 0.2) is 36.5 Å². The SMILES string of the molecule is CCCCCC(=O)C=CC=CCCCCCC=CC(=O)O. The first-order valence-corrected chi connectivity index (χ1v) is 7.92. The van der Waals surface area contributed by atoms with E-state index in [-0.39, 0.29) is 5.78 Å². The molecule has 0 bridgehead atoms. The molecule has 0 aromatic heterocycles. The van der Waals surface area contributed by atoms with Crippen molar-refractivity contribution in [1.82, 2.24) is 0 Å². The first kappa shape index (κ1) is 19.4. The molecule has 0 spiro atoms. The molecule has 0 rings (SSSR count). The monoisotopic (exact) mass is 292 g/mol. The van der Waals surface area contributed by atoms with Crippen LogP contribution in [-0.4, -0.2) is 16.9 Å². The van der Waals surface area contributed by atoms with E-state index in [2.05, 4.69) is 13.0 Å². The lowest BCUT2D eigenvalue weighted by atomic mass is 10.1. The summed E-state index contributed by atoms with van der Waals surface area (Å²) in [6.45, 7) is 2.13. The Balaban J connectivity index is 3.47. The fourth-order valence-corrected chi connectivity index (χ4v) is 1.86. The van der Waals surface area contributed by atoms with Crippen LogP contribution in [0.4, 0.5) is 0 Å². The second-order valence-corrected chi connectivity index (χ2v) is 5.09. The molecule has 3 nitrogen and oxygen atoms in total. The summed E-state index contributed by atoms with van der Waals surface area (Å²) in [6, 6.07) is 0. The molecular weight excluding hydrogens is 264 g/mol. The van der Waals surface area contributed by atoms with E-state index >= 15 is 0 Å². The molecule has 118 valence electrons. The maximum Gasteiger partial charge on any atom is 0.327 e. The van der Waals surface area contributed by atoms with Crippen LogP contribution in [0.1, 0.15) is 64.7 Å². The first-order chi connectivity index (χ1) is 10.2. The van der Waals surface area contributed by atoms with Crippen molar-refractivity contribution in [2.24, 2.45) is 0 Å². The van der Waals surface area contributed by atoms with E-state index in [0.29, 0.717) is 6.42 Å². The van der Waals surface area contributed by atoms with Gasteiger partial charge in [-0.3, -0.25) is 4.79 Å². The average molecular weight is 292 g/mol. The molecular formula is C18H28O3. The normalized spacial score (nSPS) is 11.9. The van der Waals surface area contributed by atoms with Crippen LogP contribution in [0.2, 0.25) is 0 Å². The number of carbonyl (C=O) groups excluding carboxylic acids is 1. The van der Waals surface area contributed by atoms with E-state index in [1.54, 1.807) is 12.2 Å². The van der Waals surface area contributed by atoms with Gasteiger partial charge in [0.1, 0.15) is 0 Å². The highest BCUT2D eigenvalue weighted by atomic mass is 16.4. The molecule has 0 radical (unpaired) electrons. The second kappa shape index (κ2) is 14.8. The van der Waals surface area contributed by atoms with E-state index in [9.17, 15) is 9.59 Å². The van der Waals surface area contributed by atoms with Gasteiger partial charge in [-0.25, -0.2) is 4.79 Å². The third-order valence-electron chi connectivity index (χ3n) is 3.06. The van der Waals surface area contributed by atoms with Gasteiger partial charge in [0.05, 0.1) is 0 Å². The quantitative estimate of drug-likeness (QED) is 0.300. The summed E-state index contributed by atoms with van der Waals surface area (Å²) in [4.78, 5) is 21.7. The third-order valence-corrected chi connectivity index (χ3v) is 3.06. The van der Waals surface area contributed by atoms with Crippen LogP contribution >= 0.6 is 0 Å². The number of unbranched alkanes of at least 4 members (excludes halogenated alkanes) is 6. The highest BCUT2D eigenvalue weighted by molar-refractivity contribution is 5.89. The van der Waals surface area contributed by atoms with Gasteiger partial charge in [-0.1, -0.05) is 50.5 Å². The molecule has 0 amide bonds. The maximum atomic E-state index is 11.4. The van der Waals surface area contributed by atoms with Crippen LogP contribution in [0.5, 0.6) is 0 Å². The molecule has 0 heterocycles. The minimum Gasteiger partial charge on any atom is -0.478 e. The fourth-order valence-electron chi connectivity index (χ4n) is 1.86. The van der Waals surface area contributed by atoms with Crippen molar-refractivity contribution < 1.29 is 14.7 Å². The van der Waals surface area contributed by atoms with Crippen molar-refractivity contribution >= 4 is 11.8 Å². The minimum absolute atomic E-state index is 0.207. The summed E-state index contributed by atoms with van der Waals surface area (Å²) < 4.78 is 0. The van der Waals surface area contributed by atoms with Gasteiger partial charge in [0, 0.05) is 12.5 Å². The Kier molecular flexibility index (Phi) is 13.6. The predicted molar refractivity (Wildman–Crippen MR) is 87.3 cm³/mol. The molecule has 1 N–H and O–H groups in total. The topological polar surface area (TPSA) is 54.4 Å². The molecule has 0 aromatic carbocycles. The summed E-state index contributed by atoms with van der Waals surface area (Å²) in [5.41, 5.74) is 0. The van der Waals surface area contributed by atoms with Gasteiger partial charge in [0.15, 0.2) is 5.78 Å². The Morgan fingerprint density at radius 1 is 0.857 bits per heavy atom. The van der Waals surface area contributed by atoms with Gasteiger partial charge < -0.3 is 5.11 Å². The second-order valence-electron chi connectivity index (χ2n) is 5.09. The molecule has 0 saturated heterocycles. The largest absolute Gasteiger partial charge is 0.478 e. The molecule has 0 atom stereocenters. The Hall–Kier alpha value is -1.64. The van der Waals surface area contributed by atoms with Crippen molar-refractivity contribution in [1.29, 1.82) is 0 Å². The molecule has 21 heavy (non-hydrogen) atoms. The van der Waals surface area contributed by atoms with Crippen molar-refractivity contribution in [3.63, 3.8) is 0 Å². The first-order valence-electron chi connectivity index (χ1n) is 7.92. The molecule has 0 aliphatic carbocycles. The van der Waals surface area contributed by atoms with Gasteiger partial charge in [-0.2, -0.15) is 0 Å². The highest BCUT2D eigenvalue weighted by Gasteiger charge is 1.94. The van der Waals surface area contributed by atoms with Gasteiger partial charge in [0.2, 0.25) is 0 Å². The number of ketones is 1. The highest BCUT2D eigenvalue weighted by Crippen LogP contribution is 2.04. The van der Waals surface area contributed by atoms with E-state index in [1.165, 1.54) is 6.08 Å². The molecule has 3 heteroatoms. The molecule has 0 aliphatic heterocycles. The number of carboxylic acid groups (broad SMARTS) is 1. The Labute approximate surface area is 128 Å². The Bertz CT molecular complexity index is 365. The number of aliphatic carboxylic acids is 1. The lowest BCUT2D eigenvalue weighted by Gasteiger charge is -1.94. The van der Waals surface area contributed by atoms with Crippen LogP contribution in [0, 0.1) is 0 Å². The van der Waals surface area contributed by atoms with Gasteiger partial charge in [-0.05, 0) is 38.2 Å². The van der Waals surface area contributed by atoms with Crippen molar-refractivity contribution in [3.05, 3.63) is 36.5 Å². The summed E-state index contributed by atoms with van der Waals surface area (Å²) >= 11 is 0. The van der Waals surface area contributed by atoms with E-state index in [0.717, 1.165) is 51.4 Å². The maximum absolute atomic E-state index is 11.4. The summed E-state index contributed by atoms with van der Waals surface area (Å²) in [6.07, 6.45) is 19.3. The number of rotatable bonds is 13. The zero-order valence-corrected chi connectivity index (χ0v) is 13.1. The van der Waals surface area contributed by atoms with Crippen LogP contribution in [0.25, 0.3) is 0 Å². The van der Waals surface area contributed by atoms with E-state index in [1.807, 2.05) is 12.2 Å². The number of allylic oxidation sites excluding steroid dienone is 5. The molecule has 0 saturated carbocycles. The summed E-state index contributed by atoms with van der Waals surface area (Å²) in [5.74, 6) is -0.674. The zero-order chi connectivity index (χ0) is 15.8. The van der Waals surface area contributed by atoms with Gasteiger partial charge in [-0.15, -0.1) is 0 Å². The smallest absolute Gasteiger partial charge is 0.327 e. The lowest BCUT2D eigenvalue weighted by Crippen LogP contribution is -1.91. The van der Waals surface area contributed by atoms with Crippen molar-refractivity contribution in [2.45, 2.75) is 64.7 Å². The van der Waals surface area contributed by atoms with Crippen LogP contribution in [0.3, 0.4) is 0 Å². The van der Waals surface area contributed by atoms with E-state index < -0.39 is 5.97 Å².